The number of hydrogen-bond acceptors (Lipinski definition) is 14. The largest absolute Gasteiger partial charge is 0.472 e. The van der Waals surface area contributed by atoms with E-state index in [4.69, 9.17) is 32.3 Å². The van der Waals surface area contributed by atoms with Gasteiger partial charge in [0.2, 0.25) is 0 Å². The van der Waals surface area contributed by atoms with Gasteiger partial charge in [-0.05, 0) is 96.3 Å². The molecule has 99 heavy (non-hydrogen) atoms. The molecule has 574 valence electrons. The Morgan fingerprint density at radius 2 is 0.535 bits per heavy atom. The van der Waals surface area contributed by atoms with Gasteiger partial charge in [0.05, 0.1) is 26.4 Å². The fraction of sp³-hybridized carbons (Fsp3) is 0.765. The molecular weight excluding hydrogens is 1290 g/mol. The second kappa shape index (κ2) is 74.2. The van der Waals surface area contributed by atoms with Gasteiger partial charge in [-0.3, -0.25) is 32.5 Å². The zero-order chi connectivity index (χ0) is 72.3. The smallest absolute Gasteiger partial charge is 0.463 e. The lowest BCUT2D eigenvalue weighted by molar-refractivity contribution is -0.161. The first kappa shape index (κ1) is 95.5. The molecule has 0 aliphatic carbocycles. The van der Waals surface area contributed by atoms with E-state index >= 15 is 0 Å². The first-order chi connectivity index (χ1) is 48.2. The minimum absolute atomic E-state index is 0.106. The first-order valence-electron chi connectivity index (χ1n) is 39.5. The van der Waals surface area contributed by atoms with Gasteiger partial charge < -0.3 is 34.2 Å². The van der Waals surface area contributed by atoms with Crippen LogP contribution in [0.15, 0.2) is 97.2 Å². The van der Waals surface area contributed by atoms with Crippen molar-refractivity contribution in [1.29, 1.82) is 0 Å². The molecule has 5 atom stereocenters. The van der Waals surface area contributed by atoms with Gasteiger partial charge in [0.1, 0.15) is 25.4 Å². The van der Waals surface area contributed by atoms with Crippen molar-refractivity contribution in [2.24, 2.45) is 0 Å². The van der Waals surface area contributed by atoms with E-state index in [1.807, 2.05) is 0 Å². The summed E-state index contributed by atoms with van der Waals surface area (Å²) in [5.41, 5.74) is 0. The molecule has 0 spiro atoms. The molecule has 4 N–H and O–H groups in total. The number of phosphoric acid groups is 2. The molecular formula is C81H144O16P2. The molecule has 0 fully saturated rings. The molecule has 5 unspecified atom stereocenters. The standard InChI is InChI=1S/C81H144O16P2/c1-4-7-10-13-16-19-22-24-26-28-29-30-31-32-33-34-35-36-37-38-39-40-41-42-43-44-45-47-49-50-53-55-58-61-64-67-79(84)91-70-76(82)71-93-98(87,88)94-72-77(83)73-95-99(89,90)96-75-78(97-81(86)69-66-63-60-57-52-21-18-15-12-9-6-3)74-92-80(85)68-65-62-59-56-54-51-48-46-27-25-23-20-17-14-11-8-5-2/h7-8,10-11,16-17,19-20,24-27,29-30,32-33,76-78,82-83H,4-6,9,12-15,18,21-23,28,31,34-75H2,1-3H3,(H,87,88)(H,89,90)/b10-7-,11-8-,19-16-,20-17-,26-24-,27-25-,30-29-,33-32-. The number of aliphatic hydroxyl groups is 2. The lowest BCUT2D eigenvalue weighted by Gasteiger charge is -2.21. The van der Waals surface area contributed by atoms with Gasteiger partial charge in [-0.2, -0.15) is 0 Å². The molecule has 0 aliphatic rings. The Kier molecular flexibility index (Phi) is 71.6. The fourth-order valence-corrected chi connectivity index (χ4v) is 12.4. The van der Waals surface area contributed by atoms with E-state index in [1.165, 1.54) is 141 Å². The quantitative estimate of drug-likeness (QED) is 0.0146. The highest BCUT2D eigenvalue weighted by atomic mass is 31.2. The fourth-order valence-electron chi connectivity index (χ4n) is 10.8. The average Bonchev–Trinajstić information content (AvgIpc) is 1.19. The normalized spacial score (nSPS) is 14.5. The lowest BCUT2D eigenvalue weighted by atomic mass is 10.0. The minimum atomic E-state index is -4.92. The molecule has 0 aromatic rings. The van der Waals surface area contributed by atoms with Crippen molar-refractivity contribution in [2.75, 3.05) is 39.6 Å². The summed E-state index contributed by atoms with van der Waals surface area (Å²) in [5.74, 6) is -1.57. The molecule has 16 nitrogen and oxygen atoms in total. The average molecular weight is 1440 g/mol. The predicted octanol–water partition coefficient (Wildman–Crippen LogP) is 23.0. The number of hydrogen-bond donors (Lipinski definition) is 4. The summed E-state index contributed by atoms with van der Waals surface area (Å²) in [6.07, 6.45) is 84.9. The van der Waals surface area contributed by atoms with Crippen molar-refractivity contribution in [2.45, 2.75) is 360 Å². The Bertz CT molecular complexity index is 2190. The molecule has 0 amide bonds. The van der Waals surface area contributed by atoms with Crippen LogP contribution >= 0.6 is 15.6 Å². The molecule has 0 heterocycles. The van der Waals surface area contributed by atoms with Crippen LogP contribution in [-0.4, -0.2) is 95.9 Å². The highest BCUT2D eigenvalue weighted by Crippen LogP contribution is 2.45. The highest BCUT2D eigenvalue weighted by molar-refractivity contribution is 7.47. The summed E-state index contributed by atoms with van der Waals surface area (Å²) < 4.78 is 61.0. The number of esters is 3. The number of carbonyl (C=O) groups is 3. The molecule has 0 saturated heterocycles. The Balaban J connectivity index is 4.28. The van der Waals surface area contributed by atoms with Crippen molar-refractivity contribution in [3.8, 4) is 0 Å². The van der Waals surface area contributed by atoms with E-state index in [1.54, 1.807) is 0 Å². The molecule has 0 rings (SSSR count). The van der Waals surface area contributed by atoms with Crippen LogP contribution in [0.3, 0.4) is 0 Å². The topological polar surface area (TPSA) is 231 Å². The highest BCUT2D eigenvalue weighted by Gasteiger charge is 2.29. The number of ether oxygens (including phenoxy) is 3. The van der Waals surface area contributed by atoms with Crippen LogP contribution in [0.4, 0.5) is 0 Å². The predicted molar refractivity (Wildman–Crippen MR) is 408 cm³/mol. The molecule has 0 bridgehead atoms. The Labute approximate surface area is 603 Å². The van der Waals surface area contributed by atoms with Crippen LogP contribution in [0.1, 0.15) is 342 Å². The Morgan fingerprint density at radius 1 is 0.293 bits per heavy atom. The van der Waals surface area contributed by atoms with Gasteiger partial charge in [-0.25, -0.2) is 9.13 Å². The SMILES string of the molecule is CC/C=C\C/C=C\C/C=C\C/C=C\C/C=C\CCCCCCCCCCCCCCCCCCCCCC(=O)OCC(O)COP(=O)(O)OCC(O)COP(=O)(O)OCC(COC(=O)CCCCCCCCC/C=C\C/C=C\C/C=C\CC)OC(=O)CCCCCCCCCCCCC. The third-order valence-electron chi connectivity index (χ3n) is 16.8. The summed E-state index contributed by atoms with van der Waals surface area (Å²) in [5, 5.41) is 20.6. The van der Waals surface area contributed by atoms with Crippen LogP contribution in [-0.2, 0) is 55.8 Å². The van der Waals surface area contributed by atoms with Crippen molar-refractivity contribution < 1.29 is 75.8 Å². The summed E-state index contributed by atoms with van der Waals surface area (Å²) >= 11 is 0. The van der Waals surface area contributed by atoms with E-state index in [0.29, 0.717) is 19.3 Å². The maximum absolute atomic E-state index is 12.9. The zero-order valence-corrected chi connectivity index (χ0v) is 64.4. The molecule has 0 aliphatic heterocycles. The minimum Gasteiger partial charge on any atom is -0.463 e. The van der Waals surface area contributed by atoms with Crippen LogP contribution < -0.4 is 0 Å². The molecule has 0 radical (unpaired) electrons. The van der Waals surface area contributed by atoms with Crippen LogP contribution in [0.2, 0.25) is 0 Å². The van der Waals surface area contributed by atoms with Crippen molar-refractivity contribution in [3.63, 3.8) is 0 Å². The van der Waals surface area contributed by atoms with Crippen LogP contribution in [0.25, 0.3) is 0 Å². The van der Waals surface area contributed by atoms with Crippen LogP contribution in [0, 0.1) is 0 Å². The Morgan fingerprint density at radius 3 is 0.848 bits per heavy atom. The monoisotopic (exact) mass is 1430 g/mol. The summed E-state index contributed by atoms with van der Waals surface area (Å²) in [4.78, 5) is 58.5. The summed E-state index contributed by atoms with van der Waals surface area (Å²) in [6, 6.07) is 0. The number of carbonyl (C=O) groups excluding carboxylic acids is 3. The number of unbranched alkanes of at least 4 members (excludes halogenated alkanes) is 36. The van der Waals surface area contributed by atoms with Gasteiger partial charge in [0.15, 0.2) is 6.10 Å². The van der Waals surface area contributed by atoms with Crippen LogP contribution in [0.5, 0.6) is 0 Å². The van der Waals surface area contributed by atoms with Gasteiger partial charge in [-0.1, -0.05) is 323 Å². The number of allylic oxidation sites excluding steroid dienone is 16. The van der Waals surface area contributed by atoms with E-state index < -0.39 is 91.5 Å². The van der Waals surface area contributed by atoms with Gasteiger partial charge in [-0.15, -0.1) is 0 Å². The molecule has 0 aromatic carbocycles. The molecule has 0 aromatic heterocycles. The molecule has 18 heteroatoms. The third kappa shape index (κ3) is 75.5. The summed E-state index contributed by atoms with van der Waals surface area (Å²) in [6.45, 7) is 2.47. The van der Waals surface area contributed by atoms with E-state index in [-0.39, 0.29) is 19.3 Å². The number of aliphatic hydroxyl groups excluding tert-OH is 2. The lowest BCUT2D eigenvalue weighted by Crippen LogP contribution is -2.30. The second-order valence-corrected chi connectivity index (χ2v) is 29.4. The van der Waals surface area contributed by atoms with Crippen molar-refractivity contribution >= 4 is 33.6 Å². The molecule has 0 saturated carbocycles. The van der Waals surface area contributed by atoms with E-state index in [9.17, 15) is 43.5 Å². The maximum Gasteiger partial charge on any atom is 0.472 e. The van der Waals surface area contributed by atoms with Gasteiger partial charge in [0, 0.05) is 19.3 Å². The van der Waals surface area contributed by atoms with Gasteiger partial charge in [0.25, 0.3) is 0 Å². The maximum atomic E-state index is 12.9. The van der Waals surface area contributed by atoms with Crippen molar-refractivity contribution in [1.82, 2.24) is 0 Å². The van der Waals surface area contributed by atoms with Gasteiger partial charge >= 0.3 is 33.6 Å². The number of phosphoric ester groups is 2. The van der Waals surface area contributed by atoms with Crippen molar-refractivity contribution in [3.05, 3.63) is 97.2 Å². The van der Waals surface area contributed by atoms with E-state index in [0.717, 1.165) is 141 Å². The van der Waals surface area contributed by atoms with E-state index in [2.05, 4.69) is 118 Å². The first-order valence-corrected chi connectivity index (χ1v) is 42.5. The number of rotatable bonds is 75. The zero-order valence-electron chi connectivity index (χ0n) is 62.6. The third-order valence-corrected chi connectivity index (χ3v) is 18.7. The second-order valence-electron chi connectivity index (χ2n) is 26.5. The Hall–Kier alpha value is -3.53. The summed E-state index contributed by atoms with van der Waals surface area (Å²) in [7, 11) is -9.77.